The Morgan fingerprint density at radius 2 is 1.69 bits per heavy atom. The Bertz CT molecular complexity index is 1260. The van der Waals surface area contributed by atoms with Gasteiger partial charge in [0.1, 0.15) is 6.61 Å². The number of nitrogens with one attached hydrogen (secondary N) is 1. The topological polar surface area (TPSA) is 102 Å². The van der Waals surface area contributed by atoms with Crippen molar-refractivity contribution in [1.82, 2.24) is 9.78 Å². The first-order valence-electron chi connectivity index (χ1n) is 10.4. The molecule has 1 aromatic heterocycles. The van der Waals surface area contributed by atoms with Gasteiger partial charge in [-0.3, -0.25) is 10.00 Å². The molecular formula is C23H23Cl4N5O3. The number of hydrogen-bond acceptors (Lipinski definition) is 4. The summed E-state index contributed by atoms with van der Waals surface area (Å²) in [5, 5.41) is 8.05. The van der Waals surface area contributed by atoms with Crippen molar-refractivity contribution >= 4 is 75.7 Å². The van der Waals surface area contributed by atoms with Gasteiger partial charge in [-0.15, -0.1) is 0 Å². The van der Waals surface area contributed by atoms with E-state index in [4.69, 9.17) is 56.9 Å². The molecule has 35 heavy (non-hydrogen) atoms. The average Bonchev–Trinajstić information content (AvgIpc) is 3.18. The number of aromatic nitrogens is 2. The quantitative estimate of drug-likeness (QED) is 0.332. The summed E-state index contributed by atoms with van der Waals surface area (Å²) >= 11 is 24.5. The number of urea groups is 1. The van der Waals surface area contributed by atoms with Crippen LogP contribution in [0.5, 0.6) is 0 Å². The van der Waals surface area contributed by atoms with Crippen LogP contribution in [0, 0.1) is 0 Å². The van der Waals surface area contributed by atoms with Gasteiger partial charge in [0.05, 0.1) is 38.0 Å². The minimum absolute atomic E-state index is 0.0112. The van der Waals surface area contributed by atoms with Gasteiger partial charge in [-0.1, -0.05) is 79.3 Å². The van der Waals surface area contributed by atoms with E-state index < -0.39 is 12.1 Å². The number of nitrogens with zero attached hydrogens (tertiary/aromatic N) is 3. The Hall–Kier alpha value is -2.65. The van der Waals surface area contributed by atoms with Crippen molar-refractivity contribution in [2.24, 2.45) is 5.73 Å². The van der Waals surface area contributed by atoms with Gasteiger partial charge in [0.15, 0.2) is 5.82 Å². The Balaban J connectivity index is 1.81. The van der Waals surface area contributed by atoms with E-state index in [1.165, 1.54) is 4.90 Å². The number of rotatable bonds is 6. The number of primary amides is 1. The molecule has 0 unspecified atom stereocenters. The van der Waals surface area contributed by atoms with E-state index in [0.717, 1.165) is 5.69 Å². The molecule has 0 saturated carbocycles. The first-order chi connectivity index (χ1) is 16.4. The molecule has 186 valence electrons. The van der Waals surface area contributed by atoms with Crippen molar-refractivity contribution < 1.29 is 14.3 Å². The molecule has 0 aliphatic carbocycles. The molecule has 2 aromatic carbocycles. The van der Waals surface area contributed by atoms with Crippen LogP contribution in [0.15, 0.2) is 42.5 Å². The smallest absolute Gasteiger partial charge is 0.411 e. The van der Waals surface area contributed by atoms with Crippen LogP contribution >= 0.6 is 46.4 Å². The number of anilines is 3. The van der Waals surface area contributed by atoms with E-state index in [-0.39, 0.29) is 39.5 Å². The number of benzene rings is 2. The lowest BCUT2D eigenvalue weighted by Gasteiger charge is -2.20. The summed E-state index contributed by atoms with van der Waals surface area (Å²) in [6.45, 7) is 6.15. The molecule has 3 N–H and O–H groups in total. The second-order valence-corrected chi connectivity index (χ2v) is 10.0. The highest BCUT2D eigenvalue weighted by atomic mass is 35.5. The van der Waals surface area contributed by atoms with Crippen LogP contribution in [0.2, 0.25) is 20.1 Å². The van der Waals surface area contributed by atoms with Crippen molar-refractivity contribution in [2.45, 2.75) is 32.7 Å². The Morgan fingerprint density at radius 1 is 1.06 bits per heavy atom. The maximum atomic E-state index is 12.4. The summed E-state index contributed by atoms with van der Waals surface area (Å²) in [6.07, 6.45) is -0.705. The zero-order valence-electron chi connectivity index (χ0n) is 19.1. The van der Waals surface area contributed by atoms with E-state index in [9.17, 15) is 9.59 Å². The molecule has 0 spiro atoms. The monoisotopic (exact) mass is 557 g/mol. The highest BCUT2D eigenvalue weighted by molar-refractivity contribution is 6.44. The second-order valence-electron chi connectivity index (χ2n) is 8.47. The third kappa shape index (κ3) is 6.32. The second kappa shape index (κ2) is 11.0. The summed E-state index contributed by atoms with van der Waals surface area (Å²) in [5.74, 6) is 0.252. The molecule has 0 aliphatic rings. The van der Waals surface area contributed by atoms with Crippen LogP contribution < -0.4 is 16.0 Å². The standard InChI is InChI=1S/C23H23Cl4N5O3/c1-23(2,3)17-12-18(32(21(28)33)16-9-5-7-14(25)20(16)27)30-31(17)10-11-35-22(34)29-15-8-4-6-13(24)19(15)26/h4-9,12H,10-11H2,1-3H3,(H2,28,33)(H,29,34). The van der Waals surface area contributed by atoms with Gasteiger partial charge in [-0.25, -0.2) is 14.5 Å². The third-order valence-corrected chi connectivity index (χ3v) is 6.51. The van der Waals surface area contributed by atoms with Crippen molar-refractivity contribution in [1.29, 1.82) is 0 Å². The lowest BCUT2D eigenvalue weighted by atomic mass is 9.92. The predicted octanol–water partition coefficient (Wildman–Crippen LogP) is 7.26. The Labute approximate surface area is 222 Å². The molecule has 0 atom stereocenters. The lowest BCUT2D eigenvalue weighted by Crippen LogP contribution is -2.32. The normalized spacial score (nSPS) is 11.3. The fourth-order valence-corrected chi connectivity index (χ4v) is 4.01. The van der Waals surface area contributed by atoms with Crippen molar-refractivity contribution in [3.8, 4) is 0 Å². The fraction of sp³-hybridized carbons (Fsp3) is 0.261. The first kappa shape index (κ1) is 26.9. The van der Waals surface area contributed by atoms with E-state index in [1.807, 2.05) is 20.8 Å². The zero-order valence-corrected chi connectivity index (χ0v) is 22.1. The van der Waals surface area contributed by atoms with Gasteiger partial charge in [0, 0.05) is 17.2 Å². The Morgan fingerprint density at radius 3 is 2.31 bits per heavy atom. The number of ether oxygens (including phenoxy) is 1. The molecule has 3 amide bonds. The fourth-order valence-electron chi connectivity index (χ4n) is 3.28. The molecule has 0 radical (unpaired) electrons. The van der Waals surface area contributed by atoms with E-state index in [1.54, 1.807) is 47.1 Å². The molecule has 1 heterocycles. The van der Waals surface area contributed by atoms with Crippen LogP contribution in [0.3, 0.4) is 0 Å². The van der Waals surface area contributed by atoms with Crippen LogP contribution in [-0.4, -0.2) is 28.5 Å². The maximum Gasteiger partial charge on any atom is 0.411 e. The van der Waals surface area contributed by atoms with E-state index >= 15 is 0 Å². The van der Waals surface area contributed by atoms with Crippen LogP contribution in [0.25, 0.3) is 0 Å². The molecule has 3 rings (SSSR count). The number of halogens is 4. The summed E-state index contributed by atoms with van der Waals surface area (Å²) in [7, 11) is 0. The third-order valence-electron chi connectivity index (χ3n) is 4.88. The molecular weight excluding hydrogens is 536 g/mol. The largest absolute Gasteiger partial charge is 0.447 e. The lowest BCUT2D eigenvalue weighted by molar-refractivity contribution is 0.155. The molecule has 0 aliphatic heterocycles. The number of carbonyl (C=O) groups is 2. The molecule has 12 heteroatoms. The summed E-state index contributed by atoms with van der Waals surface area (Å²) in [5.41, 5.74) is 6.71. The van der Waals surface area contributed by atoms with Crippen molar-refractivity contribution in [2.75, 3.05) is 16.8 Å². The zero-order chi connectivity index (χ0) is 25.9. The van der Waals surface area contributed by atoms with Crippen molar-refractivity contribution in [3.63, 3.8) is 0 Å². The molecule has 0 saturated heterocycles. The van der Waals surface area contributed by atoms with Gasteiger partial charge >= 0.3 is 12.1 Å². The summed E-state index contributed by atoms with van der Waals surface area (Å²) < 4.78 is 6.93. The van der Waals surface area contributed by atoms with Gasteiger partial charge in [0.2, 0.25) is 0 Å². The van der Waals surface area contributed by atoms with Gasteiger partial charge in [0.25, 0.3) is 0 Å². The summed E-state index contributed by atoms with van der Waals surface area (Å²) in [6, 6.07) is 10.7. The predicted molar refractivity (Wildman–Crippen MR) is 141 cm³/mol. The molecule has 3 aromatic rings. The minimum Gasteiger partial charge on any atom is -0.447 e. The number of amides is 3. The van der Waals surface area contributed by atoms with Crippen LogP contribution in [0.1, 0.15) is 26.5 Å². The maximum absolute atomic E-state index is 12.4. The SMILES string of the molecule is CC(C)(C)c1cc(N(C(N)=O)c2cccc(Cl)c2Cl)nn1CCOC(=O)Nc1cccc(Cl)c1Cl. The average molecular weight is 559 g/mol. The van der Waals surface area contributed by atoms with E-state index in [0.29, 0.717) is 16.4 Å². The van der Waals surface area contributed by atoms with Crippen LogP contribution in [-0.2, 0) is 16.7 Å². The van der Waals surface area contributed by atoms with Gasteiger partial charge in [-0.05, 0) is 24.3 Å². The first-order valence-corrected chi connectivity index (χ1v) is 11.9. The van der Waals surface area contributed by atoms with Crippen molar-refractivity contribution in [3.05, 3.63) is 68.2 Å². The Kier molecular flexibility index (Phi) is 8.43. The van der Waals surface area contributed by atoms with Gasteiger partial charge < -0.3 is 10.5 Å². The number of nitrogens with two attached hydrogens (primary N) is 1. The summed E-state index contributed by atoms with van der Waals surface area (Å²) in [4.78, 5) is 25.8. The van der Waals surface area contributed by atoms with E-state index in [2.05, 4.69) is 10.4 Å². The minimum atomic E-state index is -0.784. The number of hydrogen-bond donors (Lipinski definition) is 2. The highest BCUT2D eigenvalue weighted by Crippen LogP contribution is 2.37. The molecule has 0 bridgehead atoms. The van der Waals surface area contributed by atoms with Crippen LogP contribution in [0.4, 0.5) is 26.8 Å². The number of carbonyl (C=O) groups excluding carboxylic acids is 2. The molecule has 0 fully saturated rings. The molecule has 8 nitrogen and oxygen atoms in total. The van der Waals surface area contributed by atoms with Gasteiger partial charge in [-0.2, -0.15) is 5.10 Å². The highest BCUT2D eigenvalue weighted by Gasteiger charge is 2.27.